The van der Waals surface area contributed by atoms with Crippen LogP contribution < -0.4 is 10.3 Å². The molecule has 39 heavy (non-hydrogen) atoms. The van der Waals surface area contributed by atoms with Crippen LogP contribution in [-0.2, 0) is 19.6 Å². The monoisotopic (exact) mass is 522 g/mol. The summed E-state index contributed by atoms with van der Waals surface area (Å²) >= 11 is 0. The van der Waals surface area contributed by atoms with Crippen molar-refractivity contribution in [2.75, 3.05) is 7.11 Å². The van der Waals surface area contributed by atoms with Crippen molar-refractivity contribution in [1.82, 2.24) is 30.1 Å². The number of nitrogens with one attached hydrogen (secondary N) is 1. The molecule has 0 fully saturated rings. The Balaban J connectivity index is 1.53. The molecule has 0 aliphatic rings. The first-order valence-corrected chi connectivity index (χ1v) is 13.2. The van der Waals surface area contributed by atoms with Crippen molar-refractivity contribution in [3.05, 3.63) is 117 Å². The lowest BCUT2D eigenvalue weighted by atomic mass is 10.0. The summed E-state index contributed by atoms with van der Waals surface area (Å²) in [6.07, 6.45) is 0.773. The number of hydrogen-bond donors (Lipinski definition) is 1. The molecule has 0 unspecified atom stereocenters. The van der Waals surface area contributed by atoms with Gasteiger partial charge in [-0.05, 0) is 77.2 Å². The third kappa shape index (κ3) is 5.91. The second-order valence-electron chi connectivity index (χ2n) is 10.0. The van der Waals surface area contributed by atoms with E-state index >= 15 is 0 Å². The van der Waals surface area contributed by atoms with Crippen molar-refractivity contribution in [3.8, 4) is 5.75 Å². The zero-order chi connectivity index (χ0) is 27.4. The topological polar surface area (TPSA) is 88.9 Å². The fraction of sp³-hybridized carbons (Fsp3) is 0.290. The molecule has 0 spiro atoms. The lowest BCUT2D eigenvalue weighted by Gasteiger charge is -2.30. The van der Waals surface area contributed by atoms with Crippen molar-refractivity contribution < 1.29 is 4.74 Å². The van der Waals surface area contributed by atoms with E-state index in [1.807, 2.05) is 54.1 Å². The van der Waals surface area contributed by atoms with E-state index in [1.165, 1.54) is 0 Å². The van der Waals surface area contributed by atoms with Gasteiger partial charge in [-0.3, -0.25) is 9.69 Å². The molecule has 8 nitrogen and oxygen atoms in total. The minimum Gasteiger partial charge on any atom is -0.497 e. The van der Waals surface area contributed by atoms with Gasteiger partial charge in [0.1, 0.15) is 5.75 Å². The van der Waals surface area contributed by atoms with Crippen LogP contribution in [0.25, 0.3) is 10.9 Å². The zero-order valence-corrected chi connectivity index (χ0v) is 22.9. The molecular weight excluding hydrogens is 488 g/mol. The summed E-state index contributed by atoms with van der Waals surface area (Å²) in [5.41, 5.74) is 6.00. The summed E-state index contributed by atoms with van der Waals surface area (Å²) in [6, 6.07) is 24.3. The van der Waals surface area contributed by atoms with Crippen LogP contribution in [0.2, 0.25) is 0 Å². The van der Waals surface area contributed by atoms with Crippen LogP contribution in [0.3, 0.4) is 0 Å². The quantitative estimate of drug-likeness (QED) is 0.266. The van der Waals surface area contributed by atoms with E-state index in [-0.39, 0.29) is 11.6 Å². The summed E-state index contributed by atoms with van der Waals surface area (Å²) < 4.78 is 7.22. The highest BCUT2D eigenvalue weighted by Crippen LogP contribution is 2.28. The Hall–Kier alpha value is -4.30. The maximum atomic E-state index is 13.3. The van der Waals surface area contributed by atoms with Gasteiger partial charge in [-0.2, -0.15) is 0 Å². The summed E-state index contributed by atoms with van der Waals surface area (Å²) in [7, 11) is 1.66. The van der Waals surface area contributed by atoms with E-state index in [1.54, 1.807) is 7.11 Å². The Morgan fingerprint density at radius 2 is 1.74 bits per heavy atom. The molecule has 200 valence electrons. The van der Waals surface area contributed by atoms with Crippen molar-refractivity contribution in [2.45, 2.75) is 52.9 Å². The highest BCUT2D eigenvalue weighted by molar-refractivity contribution is 5.83. The number of aromatic nitrogens is 5. The minimum atomic E-state index is -0.111. The standard InChI is InChI=1S/C31H34N6O2/c1-5-29(30-33-34-35-37(30)19-23-9-7-6-8-10-23)36(18-24-11-13-26(39-4)14-12-24)20-25-17-27-22(3)15-21(2)16-28(27)32-31(25)38/h6-17,29H,5,18-20H2,1-4H3,(H,32,38)/t29-/m0/s1. The van der Waals surface area contributed by atoms with Crippen LogP contribution in [0.4, 0.5) is 0 Å². The first-order chi connectivity index (χ1) is 18.9. The highest BCUT2D eigenvalue weighted by Gasteiger charge is 2.26. The molecule has 0 saturated carbocycles. The molecule has 2 aromatic heterocycles. The second kappa shape index (κ2) is 11.6. The smallest absolute Gasteiger partial charge is 0.252 e. The maximum absolute atomic E-state index is 13.3. The summed E-state index contributed by atoms with van der Waals surface area (Å²) in [5.74, 6) is 1.58. The fourth-order valence-electron chi connectivity index (χ4n) is 5.22. The fourth-order valence-corrected chi connectivity index (χ4v) is 5.22. The predicted octanol–water partition coefficient (Wildman–Crippen LogP) is 5.34. The van der Waals surface area contributed by atoms with Crippen molar-refractivity contribution in [2.24, 2.45) is 0 Å². The molecule has 0 amide bonds. The van der Waals surface area contributed by atoms with E-state index in [0.29, 0.717) is 25.2 Å². The van der Waals surface area contributed by atoms with Crippen LogP contribution >= 0.6 is 0 Å². The van der Waals surface area contributed by atoms with Crippen molar-refractivity contribution in [1.29, 1.82) is 0 Å². The third-order valence-corrected chi connectivity index (χ3v) is 7.17. The van der Waals surface area contributed by atoms with Gasteiger partial charge in [-0.25, -0.2) is 4.68 Å². The molecule has 1 N–H and O–H groups in total. The Bertz CT molecular complexity index is 1610. The molecular formula is C31H34N6O2. The van der Waals surface area contributed by atoms with Gasteiger partial charge in [0.05, 0.1) is 19.7 Å². The largest absolute Gasteiger partial charge is 0.497 e. The average Bonchev–Trinajstić information content (AvgIpc) is 3.38. The Morgan fingerprint density at radius 1 is 0.974 bits per heavy atom. The zero-order valence-electron chi connectivity index (χ0n) is 22.9. The van der Waals surface area contributed by atoms with Gasteiger partial charge >= 0.3 is 0 Å². The van der Waals surface area contributed by atoms with Crippen LogP contribution in [0.1, 0.15) is 53.0 Å². The lowest BCUT2D eigenvalue weighted by Crippen LogP contribution is -2.32. The molecule has 5 rings (SSSR count). The number of pyridine rings is 1. The maximum Gasteiger partial charge on any atom is 0.252 e. The molecule has 0 aliphatic heterocycles. The van der Waals surface area contributed by atoms with Gasteiger partial charge in [-0.1, -0.05) is 55.5 Å². The Morgan fingerprint density at radius 3 is 2.46 bits per heavy atom. The van der Waals surface area contributed by atoms with Crippen LogP contribution in [0.15, 0.2) is 77.6 Å². The summed E-state index contributed by atoms with van der Waals surface area (Å²) in [5, 5.41) is 13.9. The van der Waals surface area contributed by atoms with Crippen molar-refractivity contribution in [3.63, 3.8) is 0 Å². The number of hydrogen-bond acceptors (Lipinski definition) is 6. The normalized spacial score (nSPS) is 12.2. The predicted molar refractivity (Wildman–Crippen MR) is 153 cm³/mol. The van der Waals surface area contributed by atoms with Gasteiger partial charge in [0.2, 0.25) is 0 Å². The number of fused-ring (bicyclic) bond motifs is 1. The van der Waals surface area contributed by atoms with E-state index in [0.717, 1.165) is 51.2 Å². The molecule has 3 aromatic carbocycles. The van der Waals surface area contributed by atoms with Crippen LogP contribution in [-0.4, -0.2) is 37.2 Å². The van der Waals surface area contributed by atoms with Crippen LogP contribution in [0, 0.1) is 13.8 Å². The Kier molecular flexibility index (Phi) is 7.84. The van der Waals surface area contributed by atoms with E-state index < -0.39 is 0 Å². The van der Waals surface area contributed by atoms with E-state index in [4.69, 9.17) is 4.74 Å². The minimum absolute atomic E-state index is 0.0778. The molecule has 0 bridgehead atoms. The third-order valence-electron chi connectivity index (χ3n) is 7.17. The number of aryl methyl sites for hydroxylation is 2. The van der Waals surface area contributed by atoms with E-state index in [9.17, 15) is 4.79 Å². The van der Waals surface area contributed by atoms with Crippen molar-refractivity contribution >= 4 is 10.9 Å². The number of ether oxygens (including phenoxy) is 1. The van der Waals surface area contributed by atoms with Gasteiger partial charge in [0.15, 0.2) is 5.82 Å². The number of aromatic amines is 1. The molecule has 8 heteroatoms. The lowest BCUT2D eigenvalue weighted by molar-refractivity contribution is 0.161. The van der Waals surface area contributed by atoms with Gasteiger partial charge in [0, 0.05) is 29.6 Å². The SMILES string of the molecule is CC[C@@H](c1nnnn1Cc1ccccc1)N(Cc1ccc(OC)cc1)Cc1cc2c(C)cc(C)cc2[nH]c1=O. The van der Waals surface area contributed by atoms with Gasteiger partial charge in [0.25, 0.3) is 5.56 Å². The number of H-pyrrole nitrogens is 1. The Labute approximate surface area is 228 Å². The number of rotatable bonds is 10. The number of methoxy groups -OCH3 is 1. The molecule has 1 atom stereocenters. The first-order valence-electron chi connectivity index (χ1n) is 13.2. The summed E-state index contributed by atoms with van der Waals surface area (Å²) in [4.78, 5) is 18.7. The molecule has 0 radical (unpaired) electrons. The second-order valence-corrected chi connectivity index (χ2v) is 10.0. The first kappa shape index (κ1) is 26.3. The number of benzene rings is 3. The molecule has 5 aromatic rings. The average molecular weight is 523 g/mol. The van der Waals surface area contributed by atoms with Crippen LogP contribution in [0.5, 0.6) is 5.75 Å². The molecule has 2 heterocycles. The summed E-state index contributed by atoms with van der Waals surface area (Å²) in [6.45, 7) is 7.89. The highest BCUT2D eigenvalue weighted by atomic mass is 16.5. The molecule has 0 saturated heterocycles. The number of nitrogens with zero attached hydrogens (tertiary/aromatic N) is 5. The number of tetrazole rings is 1. The van der Waals surface area contributed by atoms with E-state index in [2.05, 4.69) is 69.6 Å². The van der Waals surface area contributed by atoms with Gasteiger partial charge in [-0.15, -0.1) is 5.10 Å². The van der Waals surface area contributed by atoms with Gasteiger partial charge < -0.3 is 9.72 Å². The molecule has 0 aliphatic carbocycles.